The molecule has 8 nitrogen and oxygen atoms in total. The summed E-state index contributed by atoms with van der Waals surface area (Å²) in [4.78, 5) is 11.1. The summed E-state index contributed by atoms with van der Waals surface area (Å²) in [6.07, 6.45) is 2.50. The lowest BCUT2D eigenvalue weighted by atomic mass is 9.96. The van der Waals surface area contributed by atoms with Crippen LogP contribution in [-0.2, 0) is 10.0 Å². The van der Waals surface area contributed by atoms with E-state index in [1.165, 1.54) is 19.4 Å². The van der Waals surface area contributed by atoms with Crippen molar-refractivity contribution in [2.24, 2.45) is 5.14 Å². The highest BCUT2D eigenvalue weighted by atomic mass is 35.5. The van der Waals surface area contributed by atoms with E-state index in [-0.39, 0.29) is 39.1 Å². The third kappa shape index (κ3) is 3.60. The maximum atomic E-state index is 15.8. The van der Waals surface area contributed by atoms with Crippen LogP contribution in [0.5, 0.6) is 5.88 Å². The number of methoxy groups -OCH3 is 1. The van der Waals surface area contributed by atoms with E-state index >= 15 is 4.39 Å². The number of para-hydroxylation sites is 1. The number of fused-ring (bicyclic) bond motifs is 1. The molecular weight excluding hydrogens is 464 g/mol. The molecule has 0 aliphatic rings. The number of sulfonamides is 1. The number of anilines is 1. The average Bonchev–Trinajstić information content (AvgIpc) is 2.73. The molecule has 0 unspecified atom stereocenters. The van der Waals surface area contributed by atoms with Crippen LogP contribution in [0.2, 0.25) is 5.02 Å². The third-order valence-electron chi connectivity index (χ3n) is 4.69. The molecule has 2 heterocycles. The first kappa shape index (κ1) is 21.8. The van der Waals surface area contributed by atoms with Crippen molar-refractivity contribution in [2.45, 2.75) is 4.90 Å². The number of hydrogen-bond acceptors (Lipinski definition) is 7. The van der Waals surface area contributed by atoms with E-state index in [9.17, 15) is 12.8 Å². The van der Waals surface area contributed by atoms with E-state index in [1.54, 1.807) is 12.1 Å². The second-order valence-electron chi connectivity index (χ2n) is 6.62. The summed E-state index contributed by atoms with van der Waals surface area (Å²) in [5.41, 5.74) is 4.86. The summed E-state index contributed by atoms with van der Waals surface area (Å²) in [5, 5.41) is 5.60. The molecule has 32 heavy (non-hydrogen) atoms. The van der Waals surface area contributed by atoms with Gasteiger partial charge in [0.05, 0.1) is 29.4 Å². The molecule has 0 bridgehead atoms. The largest absolute Gasteiger partial charge is 0.480 e. The Morgan fingerprint density at radius 2 is 1.78 bits per heavy atom. The quantitative estimate of drug-likeness (QED) is 0.459. The molecule has 12 heteroatoms. The summed E-state index contributed by atoms with van der Waals surface area (Å²) in [5.74, 6) is -2.47. The van der Waals surface area contributed by atoms with Crippen LogP contribution in [0.15, 0.2) is 47.6 Å². The summed E-state index contributed by atoms with van der Waals surface area (Å²) in [7, 11) is -3.29. The number of nitrogens with zero attached hydrogens (tertiary/aromatic N) is 3. The number of hydrogen-bond donors (Lipinski definition) is 2. The molecule has 0 aliphatic carbocycles. The van der Waals surface area contributed by atoms with Gasteiger partial charge in [-0.25, -0.2) is 37.3 Å². The fraction of sp³-hybridized carbons (Fsp3) is 0.0500. The Labute approximate surface area is 185 Å². The van der Waals surface area contributed by atoms with E-state index in [1.807, 2.05) is 0 Å². The topological polar surface area (TPSA) is 134 Å². The highest BCUT2D eigenvalue weighted by molar-refractivity contribution is 7.89. The Kier molecular flexibility index (Phi) is 5.41. The predicted octanol–water partition coefficient (Wildman–Crippen LogP) is 3.53. The molecule has 164 valence electrons. The van der Waals surface area contributed by atoms with Gasteiger partial charge < -0.3 is 10.5 Å². The summed E-state index contributed by atoms with van der Waals surface area (Å²) >= 11 is 6.19. The molecule has 0 radical (unpaired) electrons. The Hall–Kier alpha value is -3.41. The minimum atomic E-state index is -4.46. The molecule has 2 aromatic heterocycles. The molecule has 0 spiro atoms. The van der Waals surface area contributed by atoms with Crippen LogP contribution in [0.1, 0.15) is 0 Å². The van der Waals surface area contributed by atoms with Crippen LogP contribution >= 0.6 is 11.6 Å². The van der Waals surface area contributed by atoms with Crippen molar-refractivity contribution < 1.29 is 21.9 Å². The molecule has 4 N–H and O–H groups in total. The molecule has 2 aromatic carbocycles. The second kappa shape index (κ2) is 7.93. The number of aromatic nitrogens is 3. The van der Waals surface area contributed by atoms with Gasteiger partial charge in [0.25, 0.3) is 0 Å². The van der Waals surface area contributed by atoms with Gasteiger partial charge in [-0.15, -0.1) is 0 Å². The maximum absolute atomic E-state index is 15.8. The highest BCUT2D eigenvalue weighted by Crippen LogP contribution is 2.42. The number of nitrogen functional groups attached to an aromatic ring is 1. The van der Waals surface area contributed by atoms with E-state index in [4.69, 9.17) is 27.2 Å². The van der Waals surface area contributed by atoms with Gasteiger partial charge >= 0.3 is 0 Å². The van der Waals surface area contributed by atoms with Crippen molar-refractivity contribution in [1.82, 2.24) is 15.0 Å². The number of pyridine rings is 1. The molecule has 0 saturated heterocycles. The zero-order chi connectivity index (χ0) is 23.2. The summed E-state index contributed by atoms with van der Waals surface area (Å²) in [6.45, 7) is 0. The molecule has 0 fully saturated rings. The fourth-order valence-electron chi connectivity index (χ4n) is 3.38. The Morgan fingerprint density at radius 1 is 1.03 bits per heavy atom. The number of primary sulfonamides is 1. The van der Waals surface area contributed by atoms with Crippen LogP contribution in [-0.4, -0.2) is 30.5 Å². The Morgan fingerprint density at radius 3 is 2.47 bits per heavy atom. The van der Waals surface area contributed by atoms with Gasteiger partial charge in [0.15, 0.2) is 4.90 Å². The lowest BCUT2D eigenvalue weighted by Crippen LogP contribution is -2.16. The van der Waals surface area contributed by atoms with Gasteiger partial charge in [-0.3, -0.25) is 0 Å². The molecule has 0 aliphatic heterocycles. The highest BCUT2D eigenvalue weighted by Gasteiger charge is 2.29. The normalized spacial score (nSPS) is 11.7. The monoisotopic (exact) mass is 477 g/mol. The van der Waals surface area contributed by atoms with Gasteiger partial charge in [-0.2, -0.15) is 0 Å². The number of halogens is 3. The average molecular weight is 478 g/mol. The second-order valence-corrected chi connectivity index (χ2v) is 8.53. The van der Waals surface area contributed by atoms with Gasteiger partial charge in [0, 0.05) is 28.3 Å². The van der Waals surface area contributed by atoms with Crippen molar-refractivity contribution in [3.8, 4) is 28.1 Å². The van der Waals surface area contributed by atoms with Gasteiger partial charge in [0.1, 0.15) is 11.6 Å². The number of nitrogens with two attached hydrogens (primary N) is 2. The van der Waals surface area contributed by atoms with Crippen molar-refractivity contribution in [2.75, 3.05) is 12.8 Å². The Bertz CT molecular complexity index is 1500. The number of ether oxygens (including phenoxy) is 1. The van der Waals surface area contributed by atoms with Crippen molar-refractivity contribution in [3.63, 3.8) is 0 Å². The van der Waals surface area contributed by atoms with E-state index in [2.05, 4.69) is 15.0 Å². The molecular formula is C20H14ClF2N5O3S. The van der Waals surface area contributed by atoms with Crippen LogP contribution in [0.4, 0.5) is 14.7 Å². The lowest BCUT2D eigenvalue weighted by Gasteiger charge is -2.16. The van der Waals surface area contributed by atoms with Crippen molar-refractivity contribution >= 4 is 38.5 Å². The predicted molar refractivity (Wildman–Crippen MR) is 115 cm³/mol. The summed E-state index contributed by atoms with van der Waals surface area (Å²) in [6, 6.07) is 6.71. The van der Waals surface area contributed by atoms with Gasteiger partial charge in [-0.05, 0) is 12.1 Å². The molecule has 0 atom stereocenters. The first-order chi connectivity index (χ1) is 15.1. The van der Waals surface area contributed by atoms with Crippen LogP contribution in [0, 0.1) is 11.6 Å². The smallest absolute Gasteiger partial charge is 0.244 e. The molecule has 0 amide bonds. The molecule has 0 saturated carbocycles. The maximum Gasteiger partial charge on any atom is 0.244 e. The van der Waals surface area contributed by atoms with E-state index in [0.717, 1.165) is 18.3 Å². The zero-order valence-corrected chi connectivity index (χ0v) is 17.9. The van der Waals surface area contributed by atoms with Gasteiger partial charge in [-0.1, -0.05) is 29.8 Å². The first-order valence-electron chi connectivity index (χ1n) is 8.88. The number of benzene rings is 2. The standard InChI is InChI=1S/C20H14ClF2N5O3S/c1-31-19-18(32(25,29)30)14(12(21)8-26-19)10-5-6-13(22)15(16(10)23)11-4-2-3-9-7-27-20(24)28-17(9)11/h2-8H,1H3,(H2,24,27,28)(H2,25,29,30). The minimum absolute atomic E-state index is 0.0830. The van der Waals surface area contributed by atoms with E-state index in [0.29, 0.717) is 5.39 Å². The van der Waals surface area contributed by atoms with Crippen LogP contribution in [0.3, 0.4) is 0 Å². The summed E-state index contributed by atoms with van der Waals surface area (Å²) < 4.78 is 60.3. The first-order valence-corrected chi connectivity index (χ1v) is 10.8. The molecule has 4 rings (SSSR count). The van der Waals surface area contributed by atoms with Crippen LogP contribution < -0.4 is 15.6 Å². The lowest BCUT2D eigenvalue weighted by molar-refractivity contribution is 0.385. The van der Waals surface area contributed by atoms with E-state index < -0.39 is 32.1 Å². The van der Waals surface area contributed by atoms with Gasteiger partial charge in [0.2, 0.25) is 21.9 Å². The van der Waals surface area contributed by atoms with Crippen molar-refractivity contribution in [3.05, 3.63) is 59.4 Å². The third-order valence-corrected chi connectivity index (χ3v) is 5.93. The number of rotatable bonds is 4. The minimum Gasteiger partial charge on any atom is -0.480 e. The zero-order valence-electron chi connectivity index (χ0n) is 16.3. The van der Waals surface area contributed by atoms with Crippen molar-refractivity contribution in [1.29, 1.82) is 0 Å². The SMILES string of the molecule is COc1ncc(Cl)c(-c2ccc(F)c(-c3cccc4cnc(N)nc34)c2F)c1S(N)(=O)=O. The van der Waals surface area contributed by atoms with Crippen LogP contribution in [0.25, 0.3) is 33.2 Å². The molecule has 4 aromatic rings. The Balaban J connectivity index is 2.11. The fourth-order valence-corrected chi connectivity index (χ4v) is 4.56.